The third-order valence-corrected chi connectivity index (χ3v) is 6.00. The van der Waals surface area contributed by atoms with Gasteiger partial charge in [-0.15, -0.1) is 0 Å². The van der Waals surface area contributed by atoms with Gasteiger partial charge in [0.15, 0.2) is 0 Å². The van der Waals surface area contributed by atoms with Crippen molar-refractivity contribution in [3.8, 4) is 0 Å². The molecule has 0 N–H and O–H groups in total. The van der Waals surface area contributed by atoms with Crippen LogP contribution in [-0.2, 0) is 0 Å². The molecule has 5 nitrogen and oxygen atoms in total. The summed E-state index contributed by atoms with van der Waals surface area (Å²) in [5, 5.41) is 3.38. The van der Waals surface area contributed by atoms with E-state index in [1.807, 2.05) is 19.1 Å². The van der Waals surface area contributed by atoms with Crippen LogP contribution in [0.3, 0.4) is 0 Å². The second-order valence-corrected chi connectivity index (χ2v) is 8.33. The van der Waals surface area contributed by atoms with Crippen molar-refractivity contribution in [2.75, 3.05) is 4.90 Å². The van der Waals surface area contributed by atoms with Gasteiger partial charge in [0.05, 0.1) is 0 Å². The highest BCUT2D eigenvalue weighted by Gasteiger charge is 2.44. The zero-order valence-electron chi connectivity index (χ0n) is 17.5. The maximum atomic E-state index is 6.24. The largest absolute Gasteiger partial charge is 0.450 e. The number of aryl methyl sites for hydroxylation is 1. The number of hydrogen-bond acceptors (Lipinski definition) is 5. The zero-order chi connectivity index (χ0) is 20.3. The quantitative estimate of drug-likeness (QED) is 0.604. The van der Waals surface area contributed by atoms with Crippen molar-refractivity contribution in [3.05, 3.63) is 71.8 Å². The minimum Gasteiger partial charge on any atom is -0.450 e. The van der Waals surface area contributed by atoms with Gasteiger partial charge in [-0.25, -0.2) is 4.98 Å². The highest BCUT2D eigenvalue weighted by atomic mass is 16.3. The SMILES string of the molecule is CB1c2oc3nc(C)ccc3c2C=C(C)N1N1C=CN(c2ccccc2)C1(C)C. The van der Waals surface area contributed by atoms with Crippen LogP contribution < -0.4 is 10.6 Å². The Morgan fingerprint density at radius 3 is 2.52 bits per heavy atom. The van der Waals surface area contributed by atoms with E-state index in [9.17, 15) is 0 Å². The van der Waals surface area contributed by atoms with E-state index in [-0.39, 0.29) is 12.5 Å². The molecule has 3 aromatic rings. The molecule has 0 aliphatic carbocycles. The molecule has 0 amide bonds. The van der Waals surface area contributed by atoms with Gasteiger partial charge in [0.2, 0.25) is 5.71 Å². The molecule has 0 radical (unpaired) electrons. The number of hydrogen-bond donors (Lipinski definition) is 0. The van der Waals surface area contributed by atoms with Crippen molar-refractivity contribution in [2.24, 2.45) is 0 Å². The van der Waals surface area contributed by atoms with E-state index in [2.05, 4.69) is 96.2 Å². The number of anilines is 1. The average Bonchev–Trinajstić information content (AvgIpc) is 3.19. The molecule has 0 fully saturated rings. The lowest BCUT2D eigenvalue weighted by atomic mass is 9.58. The summed E-state index contributed by atoms with van der Waals surface area (Å²) < 4.78 is 6.24. The third kappa shape index (κ3) is 2.59. The smallest absolute Gasteiger partial charge is 0.353 e. The van der Waals surface area contributed by atoms with Crippen molar-refractivity contribution in [2.45, 2.75) is 40.2 Å². The van der Waals surface area contributed by atoms with Crippen LogP contribution in [0.2, 0.25) is 6.82 Å². The summed E-state index contributed by atoms with van der Waals surface area (Å²) >= 11 is 0. The molecular weight excluding hydrogens is 359 g/mol. The van der Waals surface area contributed by atoms with Gasteiger partial charge in [0.1, 0.15) is 11.3 Å². The standard InChI is InChI=1S/C23H25BN4O/c1-16-11-12-19-20-15-17(2)28(24(5)21(20)29-22(19)25-16)27-14-13-26(23(27,3)4)18-9-7-6-8-10-18/h6-15H,1-5H3. The predicted octanol–water partition coefficient (Wildman–Crippen LogP) is 4.59. The minimum absolute atomic E-state index is 0.0594. The summed E-state index contributed by atoms with van der Waals surface area (Å²) in [5.41, 5.74) is 5.89. The molecule has 146 valence electrons. The number of benzene rings is 1. The number of fused-ring (bicyclic) bond motifs is 3. The molecule has 4 heterocycles. The number of hydrazine groups is 1. The minimum atomic E-state index is -0.261. The molecule has 5 rings (SSSR count). The molecule has 2 aliphatic rings. The molecule has 29 heavy (non-hydrogen) atoms. The van der Waals surface area contributed by atoms with Gasteiger partial charge in [-0.05, 0) is 58.0 Å². The summed E-state index contributed by atoms with van der Waals surface area (Å²) in [6.07, 6.45) is 6.51. The highest BCUT2D eigenvalue weighted by Crippen LogP contribution is 2.37. The normalized spacial score (nSPS) is 17.9. The van der Waals surface area contributed by atoms with E-state index in [0.29, 0.717) is 0 Å². The van der Waals surface area contributed by atoms with E-state index < -0.39 is 0 Å². The Morgan fingerprint density at radius 1 is 1.00 bits per heavy atom. The molecule has 0 atom stereocenters. The Morgan fingerprint density at radius 2 is 1.76 bits per heavy atom. The number of rotatable bonds is 2. The second kappa shape index (κ2) is 6.18. The molecular formula is C23H25BN4O. The van der Waals surface area contributed by atoms with Gasteiger partial charge in [0, 0.05) is 40.4 Å². The molecule has 0 unspecified atom stereocenters. The van der Waals surface area contributed by atoms with Crippen LogP contribution in [-0.4, -0.2) is 27.4 Å². The Hall–Kier alpha value is -3.15. The van der Waals surface area contributed by atoms with E-state index in [4.69, 9.17) is 4.42 Å². The van der Waals surface area contributed by atoms with E-state index >= 15 is 0 Å². The summed E-state index contributed by atoms with van der Waals surface area (Å²) in [6.45, 7) is 10.9. The molecule has 0 saturated heterocycles. The first-order valence-electron chi connectivity index (χ1n) is 10.1. The predicted molar refractivity (Wildman–Crippen MR) is 119 cm³/mol. The van der Waals surface area contributed by atoms with Crippen LogP contribution in [0.4, 0.5) is 5.69 Å². The summed E-state index contributed by atoms with van der Waals surface area (Å²) in [7, 11) is 0. The van der Waals surface area contributed by atoms with Gasteiger partial charge < -0.3 is 14.2 Å². The van der Waals surface area contributed by atoms with E-state index in [1.165, 1.54) is 11.4 Å². The van der Waals surface area contributed by atoms with Crippen molar-refractivity contribution in [1.82, 2.24) is 14.9 Å². The van der Waals surface area contributed by atoms with Gasteiger partial charge in [-0.2, -0.15) is 0 Å². The lowest BCUT2D eigenvalue weighted by Crippen LogP contribution is -2.62. The Balaban J connectivity index is 1.55. The average molecular weight is 384 g/mol. The van der Waals surface area contributed by atoms with Gasteiger partial charge in [-0.3, -0.25) is 5.01 Å². The molecule has 6 heteroatoms. The highest BCUT2D eigenvalue weighted by molar-refractivity contribution is 6.70. The Bertz CT molecular complexity index is 1150. The van der Waals surface area contributed by atoms with Crippen LogP contribution in [0.5, 0.6) is 0 Å². The van der Waals surface area contributed by atoms with Crippen molar-refractivity contribution in [1.29, 1.82) is 0 Å². The molecule has 2 aromatic heterocycles. The molecule has 1 aromatic carbocycles. The van der Waals surface area contributed by atoms with Crippen LogP contribution in [0.25, 0.3) is 17.2 Å². The number of aromatic nitrogens is 1. The molecule has 0 spiro atoms. The number of furan rings is 1. The molecule has 0 saturated carbocycles. The first-order valence-corrected chi connectivity index (χ1v) is 10.1. The van der Waals surface area contributed by atoms with Gasteiger partial charge in [0.25, 0.3) is 0 Å². The van der Waals surface area contributed by atoms with Crippen LogP contribution >= 0.6 is 0 Å². The van der Waals surface area contributed by atoms with Gasteiger partial charge in [-0.1, -0.05) is 25.0 Å². The first kappa shape index (κ1) is 17.9. The maximum Gasteiger partial charge on any atom is 0.353 e. The molecule has 2 aliphatic heterocycles. The number of pyridine rings is 1. The lowest BCUT2D eigenvalue weighted by molar-refractivity contribution is 0.0560. The lowest BCUT2D eigenvalue weighted by Gasteiger charge is -2.49. The van der Waals surface area contributed by atoms with Gasteiger partial charge >= 0.3 is 6.85 Å². The molecule has 0 bridgehead atoms. The number of para-hydroxylation sites is 1. The number of nitrogens with zero attached hydrogens (tertiary/aromatic N) is 4. The summed E-state index contributed by atoms with van der Waals surface area (Å²) in [5.74, 6) is 0. The second-order valence-electron chi connectivity index (χ2n) is 8.33. The number of allylic oxidation sites excluding steroid dienone is 1. The summed E-state index contributed by atoms with van der Waals surface area (Å²) in [4.78, 5) is 9.21. The van der Waals surface area contributed by atoms with E-state index in [0.717, 1.165) is 28.0 Å². The maximum absolute atomic E-state index is 6.24. The zero-order valence-corrected chi connectivity index (χ0v) is 17.5. The van der Waals surface area contributed by atoms with Crippen LogP contribution in [0.1, 0.15) is 32.0 Å². The summed E-state index contributed by atoms with van der Waals surface area (Å²) in [6, 6.07) is 14.6. The van der Waals surface area contributed by atoms with Crippen LogP contribution in [0, 0.1) is 6.92 Å². The van der Waals surface area contributed by atoms with Crippen molar-refractivity contribution in [3.63, 3.8) is 0 Å². The van der Waals surface area contributed by atoms with E-state index in [1.54, 1.807) is 0 Å². The Labute approximate surface area is 172 Å². The van der Waals surface area contributed by atoms with Crippen molar-refractivity contribution < 1.29 is 4.42 Å². The fourth-order valence-electron chi connectivity index (χ4n) is 4.55. The fraction of sp³-hybridized carbons (Fsp3) is 0.261. The van der Waals surface area contributed by atoms with Crippen molar-refractivity contribution >= 4 is 35.4 Å². The third-order valence-electron chi connectivity index (χ3n) is 6.00. The topological polar surface area (TPSA) is 35.8 Å². The Kier molecular flexibility index (Phi) is 3.82. The first-order chi connectivity index (χ1) is 13.9. The van der Waals surface area contributed by atoms with Crippen LogP contribution in [0.15, 0.2) is 65.0 Å². The fourth-order valence-corrected chi connectivity index (χ4v) is 4.55. The monoisotopic (exact) mass is 384 g/mol.